The lowest BCUT2D eigenvalue weighted by Crippen LogP contribution is -2.03. The zero-order chi connectivity index (χ0) is 43.5. The summed E-state index contributed by atoms with van der Waals surface area (Å²) < 4.78 is 7.01. The highest BCUT2D eigenvalue weighted by atomic mass is 16.1. The van der Waals surface area contributed by atoms with E-state index in [0.29, 0.717) is 11.1 Å². The topological polar surface area (TPSA) is 31.9 Å². The van der Waals surface area contributed by atoms with Crippen LogP contribution in [-0.4, -0.2) is 19.5 Å². The Morgan fingerprint density at radius 1 is 0.303 bits per heavy atom. The maximum Gasteiger partial charge on any atom is 0.193 e. The van der Waals surface area contributed by atoms with Crippen LogP contribution < -0.4 is 0 Å². The summed E-state index contributed by atoms with van der Waals surface area (Å²) in [5, 5.41) is 7.29. The van der Waals surface area contributed by atoms with Crippen molar-refractivity contribution in [1.29, 1.82) is 0 Å². The van der Waals surface area contributed by atoms with Gasteiger partial charge >= 0.3 is 0 Å². The molecule has 13 aromatic rings. The van der Waals surface area contributed by atoms with Crippen LogP contribution in [0.15, 0.2) is 231 Å². The highest BCUT2D eigenvalue weighted by molar-refractivity contribution is 6.13. The third-order valence-electron chi connectivity index (χ3n) is 14.1. The zero-order valence-corrected chi connectivity index (χ0v) is 35.8. The van der Waals surface area contributed by atoms with Gasteiger partial charge in [-0.25, -0.2) is 0 Å². The van der Waals surface area contributed by atoms with Crippen molar-refractivity contribution in [3.05, 3.63) is 258 Å². The molecule has 308 valence electrons. The van der Waals surface area contributed by atoms with Crippen molar-refractivity contribution in [3.63, 3.8) is 0 Å². The highest BCUT2D eigenvalue weighted by Gasteiger charge is 2.30. The fourth-order valence-electron chi connectivity index (χ4n) is 11.2. The number of hydrogen-bond donors (Lipinski definition) is 0. The molecule has 0 N–H and O–H groups in total. The number of hydrogen-bond acceptors (Lipinski definition) is 1. The maximum atomic E-state index is 14.2. The summed E-state index contributed by atoms with van der Waals surface area (Å²) in [4.78, 5) is 14.2. The second kappa shape index (κ2) is 14.1. The van der Waals surface area contributed by atoms with E-state index in [0.717, 1.165) is 39.1 Å². The van der Waals surface area contributed by atoms with Crippen LogP contribution in [0.1, 0.15) is 38.5 Å². The molecule has 4 nitrogen and oxygen atoms in total. The van der Waals surface area contributed by atoms with Crippen LogP contribution in [-0.2, 0) is 0 Å². The van der Waals surface area contributed by atoms with Gasteiger partial charge < -0.3 is 13.7 Å². The van der Waals surface area contributed by atoms with Crippen LogP contribution in [0.4, 0.5) is 0 Å². The molecule has 3 heterocycles. The molecule has 14 rings (SSSR count). The van der Waals surface area contributed by atoms with E-state index in [1.54, 1.807) is 0 Å². The molecule has 10 aromatic carbocycles. The van der Waals surface area contributed by atoms with Gasteiger partial charge in [0.05, 0.1) is 33.1 Å². The number of para-hydroxylation sites is 4. The number of aromatic nitrogens is 3. The predicted molar refractivity (Wildman–Crippen MR) is 272 cm³/mol. The third-order valence-corrected chi connectivity index (χ3v) is 14.1. The van der Waals surface area contributed by atoms with Crippen molar-refractivity contribution in [1.82, 2.24) is 13.7 Å². The van der Waals surface area contributed by atoms with Crippen LogP contribution >= 0.6 is 0 Å². The normalized spacial score (nSPS) is 12.5. The summed E-state index contributed by atoms with van der Waals surface area (Å²) in [5.74, 6) is 0.173. The molecule has 4 heteroatoms. The Kier molecular flexibility index (Phi) is 7.87. The molecule has 1 aliphatic carbocycles. The second-order valence-electron chi connectivity index (χ2n) is 17.6. The van der Waals surface area contributed by atoms with Crippen LogP contribution in [0.3, 0.4) is 0 Å². The molecule has 0 spiro atoms. The average Bonchev–Trinajstić information content (AvgIpc) is 4.11. The van der Waals surface area contributed by atoms with E-state index < -0.39 is 0 Å². The van der Waals surface area contributed by atoms with E-state index in [-0.39, 0.29) is 11.7 Å². The number of rotatable bonds is 6. The van der Waals surface area contributed by atoms with Gasteiger partial charge in [0.25, 0.3) is 0 Å². The van der Waals surface area contributed by atoms with Crippen molar-refractivity contribution in [2.75, 3.05) is 0 Å². The van der Waals surface area contributed by atoms with Gasteiger partial charge in [-0.2, -0.15) is 0 Å². The SMILES string of the molecule is O=C(c1ccc(-n2c3ccccc3c3cc(C4c5ccccc5-c5ccccc54)ccc32)cc1)c1ccc(-n2c3ccccc3c3cc(-n4c5ccccc5c5ccccc54)ccc32)cc1. The molecule has 0 radical (unpaired) electrons. The number of benzene rings is 10. The van der Waals surface area contributed by atoms with Gasteiger partial charge in [0.15, 0.2) is 5.78 Å². The summed E-state index contributed by atoms with van der Waals surface area (Å²) >= 11 is 0. The van der Waals surface area contributed by atoms with Crippen molar-refractivity contribution >= 4 is 71.2 Å². The van der Waals surface area contributed by atoms with Gasteiger partial charge in [0.2, 0.25) is 0 Å². The Morgan fingerprint density at radius 3 is 1.14 bits per heavy atom. The first-order valence-electron chi connectivity index (χ1n) is 22.7. The van der Waals surface area contributed by atoms with Gasteiger partial charge in [-0.05, 0) is 131 Å². The third kappa shape index (κ3) is 5.30. The quantitative estimate of drug-likeness (QED) is 0.154. The first-order chi connectivity index (χ1) is 32.7. The summed E-state index contributed by atoms with van der Waals surface area (Å²) in [7, 11) is 0. The Hall–Kier alpha value is -8.73. The highest BCUT2D eigenvalue weighted by Crippen LogP contribution is 2.49. The predicted octanol–water partition coefficient (Wildman–Crippen LogP) is 15.4. The lowest BCUT2D eigenvalue weighted by Gasteiger charge is -2.15. The van der Waals surface area contributed by atoms with Gasteiger partial charge in [-0.15, -0.1) is 0 Å². The standard InChI is InChI=1S/C62H39N3O/c66-62(39-25-30-42(31-26-39)63-57-23-11-7-17-49(57)53-37-41(29-35-59(53)63)61-51-19-3-1-13-45(51)46-14-2-4-20-52(46)61)40-27-32-43(33-28-40)64-58-24-12-8-18-50(58)54-38-44(34-36-60(54)64)65-55-21-9-5-15-47(55)48-16-6-10-22-56(48)65/h1-38,61H. The molecule has 1 aliphatic rings. The Bertz CT molecular complexity index is 4030. The Balaban J connectivity index is 0.795. The summed E-state index contributed by atoms with van der Waals surface area (Å²) in [6.45, 7) is 0. The Labute approximate surface area is 380 Å². The van der Waals surface area contributed by atoms with E-state index in [1.165, 1.54) is 71.2 Å². The van der Waals surface area contributed by atoms with Gasteiger partial charge in [-0.1, -0.05) is 127 Å². The van der Waals surface area contributed by atoms with E-state index in [4.69, 9.17) is 0 Å². The minimum atomic E-state index is -0.00451. The average molecular weight is 842 g/mol. The molecule has 0 amide bonds. The maximum absolute atomic E-state index is 14.2. The minimum Gasteiger partial charge on any atom is -0.309 e. The molecule has 0 fully saturated rings. The number of nitrogens with zero attached hydrogens (tertiary/aromatic N) is 3. The first-order valence-corrected chi connectivity index (χ1v) is 22.7. The Morgan fingerprint density at radius 2 is 0.652 bits per heavy atom. The molecular formula is C62H39N3O. The van der Waals surface area contributed by atoms with E-state index in [2.05, 4.69) is 220 Å². The molecule has 0 unspecified atom stereocenters. The number of carbonyl (C=O) groups is 1. The van der Waals surface area contributed by atoms with Gasteiger partial charge in [-0.3, -0.25) is 4.79 Å². The molecular weight excluding hydrogens is 803 g/mol. The summed E-state index contributed by atoms with van der Waals surface area (Å²) in [6.07, 6.45) is 0. The van der Waals surface area contributed by atoms with E-state index in [1.807, 2.05) is 24.3 Å². The molecule has 0 saturated heterocycles. The van der Waals surface area contributed by atoms with Crippen LogP contribution in [0.2, 0.25) is 0 Å². The smallest absolute Gasteiger partial charge is 0.193 e. The van der Waals surface area contributed by atoms with Crippen molar-refractivity contribution in [2.24, 2.45) is 0 Å². The van der Waals surface area contributed by atoms with Crippen LogP contribution in [0, 0.1) is 0 Å². The first kappa shape index (κ1) is 36.7. The van der Waals surface area contributed by atoms with Crippen molar-refractivity contribution < 1.29 is 4.79 Å². The van der Waals surface area contributed by atoms with E-state index >= 15 is 0 Å². The number of carbonyl (C=O) groups excluding carboxylic acids is 1. The number of ketones is 1. The molecule has 0 aliphatic heterocycles. The fourth-order valence-corrected chi connectivity index (χ4v) is 11.2. The molecule has 3 aromatic heterocycles. The van der Waals surface area contributed by atoms with Gasteiger partial charge in [0.1, 0.15) is 0 Å². The molecule has 0 atom stereocenters. The van der Waals surface area contributed by atoms with Crippen molar-refractivity contribution in [3.8, 4) is 28.2 Å². The van der Waals surface area contributed by atoms with Gasteiger partial charge in [0, 0.05) is 66.4 Å². The molecule has 66 heavy (non-hydrogen) atoms. The monoisotopic (exact) mass is 841 g/mol. The minimum absolute atomic E-state index is 0.00451. The lowest BCUT2D eigenvalue weighted by molar-refractivity contribution is 0.103. The number of fused-ring (bicyclic) bond motifs is 12. The molecule has 0 bridgehead atoms. The van der Waals surface area contributed by atoms with Crippen LogP contribution in [0.25, 0.3) is 93.6 Å². The second-order valence-corrected chi connectivity index (χ2v) is 17.6. The summed E-state index contributed by atoms with van der Waals surface area (Å²) in [6, 6.07) is 82.1. The lowest BCUT2D eigenvalue weighted by atomic mass is 9.88. The zero-order valence-electron chi connectivity index (χ0n) is 35.8. The van der Waals surface area contributed by atoms with Crippen molar-refractivity contribution in [2.45, 2.75) is 5.92 Å². The fraction of sp³-hybridized carbons (Fsp3) is 0.0161. The van der Waals surface area contributed by atoms with E-state index in [9.17, 15) is 4.79 Å². The van der Waals surface area contributed by atoms with Crippen LogP contribution in [0.5, 0.6) is 0 Å². The molecule has 0 saturated carbocycles. The summed E-state index contributed by atoms with van der Waals surface area (Å²) in [5.41, 5.74) is 18.0. The largest absolute Gasteiger partial charge is 0.309 e.